The zero-order chi connectivity index (χ0) is 15.0. The van der Waals surface area contributed by atoms with Crippen molar-refractivity contribution < 1.29 is 28.9 Å². The van der Waals surface area contributed by atoms with Crippen LogP contribution in [0.5, 0.6) is 0 Å². The van der Waals surface area contributed by atoms with E-state index in [4.69, 9.17) is 14.2 Å². The smallest absolute Gasteiger partial charge is 0.361 e. The Hall–Kier alpha value is -0.750. The van der Waals surface area contributed by atoms with Gasteiger partial charge in [-0.3, -0.25) is 4.57 Å². The first-order valence-electron chi connectivity index (χ1n) is 6.43. The van der Waals surface area contributed by atoms with Gasteiger partial charge in [0.2, 0.25) is 0 Å². The van der Waals surface area contributed by atoms with Crippen LogP contribution < -0.4 is 5.30 Å². The first kappa shape index (κ1) is 17.3. The summed E-state index contributed by atoms with van der Waals surface area (Å²) in [7, 11) is -3.64. The lowest BCUT2D eigenvalue weighted by Gasteiger charge is -2.21. The molecule has 6 nitrogen and oxygen atoms in total. The van der Waals surface area contributed by atoms with Gasteiger partial charge in [-0.15, -0.1) is 0 Å². The van der Waals surface area contributed by atoms with Crippen LogP contribution in [0.1, 0.15) is 13.3 Å². The van der Waals surface area contributed by atoms with E-state index in [9.17, 15) is 14.8 Å². The van der Waals surface area contributed by atoms with Crippen LogP contribution in [0.2, 0.25) is 0 Å². The minimum absolute atomic E-state index is 0.127. The summed E-state index contributed by atoms with van der Waals surface area (Å²) < 4.78 is 23.1. The van der Waals surface area contributed by atoms with Crippen molar-refractivity contribution in [3.63, 3.8) is 0 Å². The lowest BCUT2D eigenvalue weighted by Crippen LogP contribution is -2.23. The van der Waals surface area contributed by atoms with Crippen molar-refractivity contribution in [2.24, 2.45) is 0 Å². The lowest BCUT2D eigenvalue weighted by atomic mass is 10.3. The predicted molar refractivity (Wildman–Crippen MR) is 75.0 cm³/mol. The molecule has 3 unspecified atom stereocenters. The zero-order valence-corrected chi connectivity index (χ0v) is 12.3. The highest BCUT2D eigenvalue weighted by Crippen LogP contribution is 2.47. The number of benzene rings is 1. The molecule has 0 aliphatic heterocycles. The molecule has 0 aliphatic carbocycles. The standard InChI is InChI=1S/C13H21O6P/c1-2-11(15)9-18-20(17,19-10-12(16)8-14)13-6-4-3-5-7-13/h3-7,11-12,14-16H,2,8-10H2,1H3. The first-order chi connectivity index (χ1) is 9.51. The second kappa shape index (κ2) is 8.52. The van der Waals surface area contributed by atoms with Gasteiger partial charge in [-0.2, -0.15) is 0 Å². The molecule has 7 heteroatoms. The van der Waals surface area contributed by atoms with Crippen molar-refractivity contribution in [2.45, 2.75) is 25.6 Å². The minimum atomic E-state index is -3.64. The number of aliphatic hydroxyl groups is 3. The summed E-state index contributed by atoms with van der Waals surface area (Å²) in [6.07, 6.45) is -1.40. The van der Waals surface area contributed by atoms with Gasteiger partial charge in [0.05, 0.1) is 31.2 Å². The topological polar surface area (TPSA) is 96.2 Å². The van der Waals surface area contributed by atoms with E-state index in [0.717, 1.165) is 0 Å². The second-order valence-electron chi connectivity index (χ2n) is 4.32. The summed E-state index contributed by atoms with van der Waals surface area (Å²) in [6.45, 7) is 0.840. The van der Waals surface area contributed by atoms with Gasteiger partial charge in [0, 0.05) is 0 Å². The van der Waals surface area contributed by atoms with Crippen molar-refractivity contribution in [3.8, 4) is 0 Å². The molecule has 0 aliphatic rings. The molecule has 0 saturated carbocycles. The molecular formula is C13H21O6P. The molecule has 0 aromatic heterocycles. The average Bonchev–Trinajstić information content (AvgIpc) is 2.51. The third-order valence-corrected chi connectivity index (χ3v) is 4.54. The van der Waals surface area contributed by atoms with Gasteiger partial charge in [0.25, 0.3) is 0 Å². The van der Waals surface area contributed by atoms with Crippen molar-refractivity contribution >= 4 is 12.9 Å². The van der Waals surface area contributed by atoms with E-state index < -0.39 is 26.4 Å². The third-order valence-electron chi connectivity index (χ3n) is 2.63. The molecule has 1 rings (SSSR count). The van der Waals surface area contributed by atoms with Crippen LogP contribution in [0.15, 0.2) is 30.3 Å². The highest BCUT2D eigenvalue weighted by atomic mass is 31.2. The summed E-state index contributed by atoms with van der Waals surface area (Å²) >= 11 is 0. The van der Waals surface area contributed by atoms with Crippen LogP contribution in [0, 0.1) is 0 Å². The third kappa shape index (κ3) is 5.32. The molecule has 1 aromatic rings. The largest absolute Gasteiger partial charge is 0.394 e. The predicted octanol–water partition coefficient (Wildman–Crippen LogP) is 0.662. The molecule has 0 spiro atoms. The molecule has 0 bridgehead atoms. The summed E-state index contributed by atoms with van der Waals surface area (Å²) in [5.41, 5.74) is 0. The van der Waals surface area contributed by atoms with Gasteiger partial charge >= 0.3 is 7.60 Å². The molecule has 1 aromatic carbocycles. The zero-order valence-electron chi connectivity index (χ0n) is 11.4. The summed E-state index contributed by atoms with van der Waals surface area (Å²) in [4.78, 5) is 0. The molecule has 0 radical (unpaired) electrons. The maximum atomic E-state index is 12.7. The first-order valence-corrected chi connectivity index (χ1v) is 7.97. The quantitative estimate of drug-likeness (QED) is 0.580. The van der Waals surface area contributed by atoms with E-state index in [2.05, 4.69) is 0 Å². The van der Waals surface area contributed by atoms with Crippen LogP contribution in [-0.2, 0) is 13.6 Å². The Balaban J connectivity index is 2.80. The summed E-state index contributed by atoms with van der Waals surface area (Å²) in [5, 5.41) is 27.9. The van der Waals surface area contributed by atoms with Gasteiger partial charge in [0.15, 0.2) is 0 Å². The molecule has 0 saturated heterocycles. The fourth-order valence-corrected chi connectivity index (χ4v) is 2.98. The van der Waals surface area contributed by atoms with E-state index >= 15 is 0 Å². The molecule has 0 fully saturated rings. The monoisotopic (exact) mass is 304 g/mol. The van der Waals surface area contributed by atoms with E-state index in [-0.39, 0.29) is 13.2 Å². The molecule has 20 heavy (non-hydrogen) atoms. The van der Waals surface area contributed by atoms with E-state index in [1.165, 1.54) is 0 Å². The average molecular weight is 304 g/mol. The van der Waals surface area contributed by atoms with Gasteiger partial charge in [-0.05, 0) is 18.6 Å². The number of rotatable bonds is 9. The lowest BCUT2D eigenvalue weighted by molar-refractivity contribution is 0.0413. The second-order valence-corrected chi connectivity index (χ2v) is 6.35. The Bertz CT molecular complexity index is 406. The fraction of sp³-hybridized carbons (Fsp3) is 0.538. The summed E-state index contributed by atoms with van der Waals surface area (Å²) in [6, 6.07) is 8.31. The molecule has 114 valence electrons. The molecule has 3 atom stereocenters. The highest BCUT2D eigenvalue weighted by molar-refractivity contribution is 7.62. The van der Waals surface area contributed by atoms with Gasteiger partial charge < -0.3 is 24.4 Å². The SMILES string of the molecule is CCC(O)COP(=O)(OCC(O)CO)c1ccccc1. The van der Waals surface area contributed by atoms with Gasteiger partial charge in [-0.1, -0.05) is 25.1 Å². The number of aliphatic hydroxyl groups excluding tert-OH is 3. The molecule has 3 N–H and O–H groups in total. The fourth-order valence-electron chi connectivity index (χ4n) is 1.34. The Labute approximate surface area is 118 Å². The number of hydrogen-bond donors (Lipinski definition) is 3. The Morgan fingerprint density at radius 3 is 2.15 bits per heavy atom. The van der Waals surface area contributed by atoms with E-state index in [1.807, 2.05) is 0 Å². The molecular weight excluding hydrogens is 283 g/mol. The van der Waals surface area contributed by atoms with Crippen molar-refractivity contribution in [2.75, 3.05) is 19.8 Å². The van der Waals surface area contributed by atoms with Crippen LogP contribution in [0.4, 0.5) is 0 Å². The maximum absolute atomic E-state index is 12.7. The Morgan fingerprint density at radius 1 is 1.10 bits per heavy atom. The normalized spacial score (nSPS) is 17.4. The van der Waals surface area contributed by atoms with Crippen LogP contribution in [0.3, 0.4) is 0 Å². The van der Waals surface area contributed by atoms with Crippen molar-refractivity contribution in [3.05, 3.63) is 30.3 Å². The Morgan fingerprint density at radius 2 is 1.65 bits per heavy atom. The molecule has 0 amide bonds. The van der Waals surface area contributed by atoms with Crippen molar-refractivity contribution in [1.82, 2.24) is 0 Å². The number of hydrogen-bond acceptors (Lipinski definition) is 6. The highest BCUT2D eigenvalue weighted by Gasteiger charge is 2.29. The maximum Gasteiger partial charge on any atom is 0.361 e. The molecule has 0 heterocycles. The van der Waals surface area contributed by atoms with E-state index in [1.54, 1.807) is 37.3 Å². The van der Waals surface area contributed by atoms with E-state index in [0.29, 0.717) is 11.7 Å². The van der Waals surface area contributed by atoms with Gasteiger partial charge in [-0.25, -0.2) is 0 Å². The van der Waals surface area contributed by atoms with Crippen LogP contribution >= 0.6 is 7.60 Å². The van der Waals surface area contributed by atoms with Crippen molar-refractivity contribution in [1.29, 1.82) is 0 Å². The Kier molecular flexibility index (Phi) is 7.37. The van der Waals surface area contributed by atoms with Crippen LogP contribution in [-0.4, -0.2) is 47.3 Å². The minimum Gasteiger partial charge on any atom is -0.394 e. The summed E-state index contributed by atoms with van der Waals surface area (Å²) in [5.74, 6) is 0. The van der Waals surface area contributed by atoms with Crippen LogP contribution in [0.25, 0.3) is 0 Å². The van der Waals surface area contributed by atoms with Gasteiger partial charge in [0.1, 0.15) is 6.10 Å².